The van der Waals surface area contributed by atoms with E-state index in [0.29, 0.717) is 18.0 Å². The Bertz CT molecular complexity index is 543. The Kier molecular flexibility index (Phi) is 5.00. The zero-order valence-electron chi connectivity index (χ0n) is 13.1. The van der Waals surface area contributed by atoms with E-state index in [1.54, 1.807) is 0 Å². The molecule has 0 bridgehead atoms. The maximum Gasteiger partial charge on any atom is 0.0442 e. The molecular weight excluding hydrogens is 262 g/mol. The summed E-state index contributed by atoms with van der Waals surface area (Å²) in [6.07, 6.45) is 0. The molecule has 0 fully saturated rings. The van der Waals surface area contributed by atoms with Crippen molar-refractivity contribution in [3.8, 4) is 0 Å². The van der Waals surface area contributed by atoms with Crippen LogP contribution in [0, 0.1) is 19.8 Å². The first-order valence-electron chi connectivity index (χ1n) is 7.35. The highest BCUT2D eigenvalue weighted by Gasteiger charge is 2.19. The van der Waals surface area contributed by atoms with Gasteiger partial charge < -0.3 is 5.32 Å². The van der Waals surface area contributed by atoms with Gasteiger partial charge in [0, 0.05) is 17.0 Å². The summed E-state index contributed by atoms with van der Waals surface area (Å²) in [7, 11) is 0. The van der Waals surface area contributed by atoms with Gasteiger partial charge in [-0.15, -0.1) is 11.3 Å². The summed E-state index contributed by atoms with van der Waals surface area (Å²) in [5.74, 6) is 0.586. The molecule has 2 heteroatoms. The Hall–Kier alpha value is -1.12. The van der Waals surface area contributed by atoms with Crippen molar-refractivity contribution in [2.24, 2.45) is 5.92 Å². The topological polar surface area (TPSA) is 12.0 Å². The third kappa shape index (κ3) is 3.50. The smallest absolute Gasteiger partial charge is 0.0442 e. The third-order valence-corrected chi connectivity index (χ3v) is 4.93. The van der Waals surface area contributed by atoms with Crippen molar-refractivity contribution >= 4 is 11.3 Å². The lowest BCUT2D eigenvalue weighted by molar-refractivity contribution is 0.379. The first-order valence-corrected chi connectivity index (χ1v) is 8.23. The highest BCUT2D eigenvalue weighted by Crippen LogP contribution is 2.29. The molecule has 0 aliphatic heterocycles. The Morgan fingerprint density at radius 1 is 1.00 bits per heavy atom. The molecule has 0 aliphatic carbocycles. The van der Waals surface area contributed by atoms with Crippen LogP contribution in [0.4, 0.5) is 0 Å². The summed E-state index contributed by atoms with van der Waals surface area (Å²) in [6.45, 7) is 11.2. The van der Waals surface area contributed by atoms with E-state index < -0.39 is 0 Å². The van der Waals surface area contributed by atoms with Crippen molar-refractivity contribution < 1.29 is 0 Å². The predicted octanol–water partition coefficient (Wildman–Crippen LogP) is 5.41. The van der Waals surface area contributed by atoms with E-state index in [0.717, 1.165) is 0 Å². The molecule has 0 radical (unpaired) electrons. The zero-order chi connectivity index (χ0) is 14.7. The number of benzene rings is 1. The molecule has 108 valence electrons. The zero-order valence-corrected chi connectivity index (χ0v) is 13.9. The number of hydrogen-bond donors (Lipinski definition) is 1. The number of nitrogens with one attached hydrogen (secondary N) is 1. The summed E-state index contributed by atoms with van der Waals surface area (Å²) in [6, 6.07) is 11.9. The summed E-state index contributed by atoms with van der Waals surface area (Å²) in [5, 5.41) is 5.95. The molecule has 20 heavy (non-hydrogen) atoms. The summed E-state index contributed by atoms with van der Waals surface area (Å²) in [4.78, 5) is 1.43. The van der Waals surface area contributed by atoms with Crippen LogP contribution in [0.2, 0.25) is 0 Å². The van der Waals surface area contributed by atoms with E-state index in [1.165, 1.54) is 21.6 Å². The van der Waals surface area contributed by atoms with Crippen molar-refractivity contribution in [2.75, 3.05) is 0 Å². The SMILES string of the molecule is Cc1ccc(C(C)NC(c2cccs2)C(C)C)cc1C. The van der Waals surface area contributed by atoms with E-state index in [9.17, 15) is 0 Å². The fourth-order valence-corrected chi connectivity index (χ4v) is 3.43. The fourth-order valence-electron chi connectivity index (χ4n) is 2.47. The van der Waals surface area contributed by atoms with Crippen LogP contribution in [0.3, 0.4) is 0 Å². The molecule has 2 rings (SSSR count). The number of aryl methyl sites for hydroxylation is 2. The van der Waals surface area contributed by atoms with E-state index in [-0.39, 0.29) is 0 Å². The van der Waals surface area contributed by atoms with Crippen LogP contribution in [0.25, 0.3) is 0 Å². The van der Waals surface area contributed by atoms with Crippen LogP contribution >= 0.6 is 11.3 Å². The maximum absolute atomic E-state index is 3.79. The number of hydrogen-bond acceptors (Lipinski definition) is 2. The molecule has 0 amide bonds. The van der Waals surface area contributed by atoms with Crippen LogP contribution in [0.5, 0.6) is 0 Å². The van der Waals surface area contributed by atoms with E-state index >= 15 is 0 Å². The van der Waals surface area contributed by atoms with Gasteiger partial charge >= 0.3 is 0 Å². The highest BCUT2D eigenvalue weighted by atomic mass is 32.1. The lowest BCUT2D eigenvalue weighted by Crippen LogP contribution is -2.27. The average Bonchev–Trinajstić information content (AvgIpc) is 2.92. The van der Waals surface area contributed by atoms with Gasteiger partial charge in [0.1, 0.15) is 0 Å². The standard InChI is InChI=1S/C18H25NS/c1-12(2)18(17-7-6-10-20-17)19-15(5)16-9-8-13(3)14(4)11-16/h6-12,15,18-19H,1-5H3. The third-order valence-electron chi connectivity index (χ3n) is 3.98. The lowest BCUT2D eigenvalue weighted by Gasteiger charge is -2.26. The summed E-state index contributed by atoms with van der Waals surface area (Å²) < 4.78 is 0. The Morgan fingerprint density at radius 3 is 2.30 bits per heavy atom. The molecule has 0 saturated carbocycles. The molecule has 1 aromatic carbocycles. The van der Waals surface area contributed by atoms with Crippen LogP contribution < -0.4 is 5.32 Å². The lowest BCUT2D eigenvalue weighted by atomic mass is 9.98. The van der Waals surface area contributed by atoms with Crippen molar-refractivity contribution in [2.45, 2.75) is 46.7 Å². The molecule has 2 atom stereocenters. The highest BCUT2D eigenvalue weighted by molar-refractivity contribution is 7.10. The van der Waals surface area contributed by atoms with Gasteiger partial charge in [-0.2, -0.15) is 0 Å². The normalized spacial score (nSPS) is 14.5. The van der Waals surface area contributed by atoms with Gasteiger partial charge in [0.25, 0.3) is 0 Å². The first kappa shape index (κ1) is 15.3. The number of thiophene rings is 1. The fraction of sp³-hybridized carbons (Fsp3) is 0.444. The van der Waals surface area contributed by atoms with Crippen molar-refractivity contribution in [3.63, 3.8) is 0 Å². The van der Waals surface area contributed by atoms with Gasteiger partial charge in [0.2, 0.25) is 0 Å². The van der Waals surface area contributed by atoms with Crippen molar-refractivity contribution in [1.82, 2.24) is 5.32 Å². The minimum Gasteiger partial charge on any atom is -0.302 e. The van der Waals surface area contributed by atoms with Gasteiger partial charge in [-0.1, -0.05) is 38.1 Å². The van der Waals surface area contributed by atoms with E-state index in [2.05, 4.69) is 75.6 Å². The second kappa shape index (κ2) is 6.55. The quantitative estimate of drug-likeness (QED) is 0.775. The average molecular weight is 287 g/mol. The number of rotatable bonds is 5. The second-order valence-electron chi connectivity index (χ2n) is 5.97. The summed E-state index contributed by atoms with van der Waals surface area (Å²) >= 11 is 1.84. The molecule has 2 aromatic rings. The molecule has 2 unspecified atom stereocenters. The largest absolute Gasteiger partial charge is 0.302 e. The van der Waals surface area contributed by atoms with Crippen molar-refractivity contribution in [1.29, 1.82) is 0 Å². The molecule has 1 heterocycles. The van der Waals surface area contributed by atoms with Gasteiger partial charge in [-0.3, -0.25) is 0 Å². The molecule has 0 spiro atoms. The summed E-state index contributed by atoms with van der Waals surface area (Å²) in [5.41, 5.74) is 4.10. The van der Waals surface area contributed by atoms with Crippen LogP contribution in [-0.4, -0.2) is 0 Å². The molecular formula is C18H25NS. The van der Waals surface area contributed by atoms with Gasteiger partial charge in [0.05, 0.1) is 0 Å². The van der Waals surface area contributed by atoms with Crippen molar-refractivity contribution in [3.05, 3.63) is 57.3 Å². The van der Waals surface area contributed by atoms with Gasteiger partial charge in [-0.25, -0.2) is 0 Å². The maximum atomic E-state index is 3.79. The Morgan fingerprint density at radius 2 is 1.75 bits per heavy atom. The van der Waals surface area contributed by atoms with E-state index in [4.69, 9.17) is 0 Å². The molecule has 0 saturated heterocycles. The minimum atomic E-state index is 0.365. The molecule has 0 aliphatic rings. The minimum absolute atomic E-state index is 0.365. The van der Waals surface area contributed by atoms with Crippen LogP contribution in [0.1, 0.15) is 54.4 Å². The first-order chi connectivity index (χ1) is 9.49. The monoisotopic (exact) mass is 287 g/mol. The van der Waals surface area contributed by atoms with Crippen LogP contribution in [-0.2, 0) is 0 Å². The van der Waals surface area contributed by atoms with E-state index in [1.807, 2.05) is 11.3 Å². The Balaban J connectivity index is 2.16. The Labute approximate surface area is 127 Å². The predicted molar refractivity (Wildman–Crippen MR) is 89.4 cm³/mol. The molecule has 1 aromatic heterocycles. The van der Waals surface area contributed by atoms with Gasteiger partial charge in [-0.05, 0) is 54.8 Å². The molecule has 1 nitrogen and oxygen atoms in total. The van der Waals surface area contributed by atoms with Gasteiger partial charge in [0.15, 0.2) is 0 Å². The van der Waals surface area contributed by atoms with Crippen LogP contribution in [0.15, 0.2) is 35.7 Å². The second-order valence-corrected chi connectivity index (χ2v) is 6.95. The molecule has 1 N–H and O–H groups in total.